The van der Waals surface area contributed by atoms with Gasteiger partial charge in [-0.05, 0) is 67.1 Å². The minimum atomic E-state index is -0.175. The Morgan fingerprint density at radius 1 is 0.905 bits per heavy atom. The van der Waals surface area contributed by atoms with Gasteiger partial charge in [0.2, 0.25) is 11.8 Å². The Balaban J connectivity index is 1.18. The van der Waals surface area contributed by atoms with Gasteiger partial charge < -0.3 is 23.9 Å². The average molecular weight is 570 g/mol. The van der Waals surface area contributed by atoms with Crippen molar-refractivity contribution in [3.05, 3.63) is 88.4 Å². The summed E-state index contributed by atoms with van der Waals surface area (Å²) < 4.78 is 12.0. The van der Waals surface area contributed by atoms with Crippen molar-refractivity contribution in [2.24, 2.45) is 5.92 Å². The summed E-state index contributed by atoms with van der Waals surface area (Å²) in [5.74, 6) is 1.78. The van der Waals surface area contributed by atoms with Gasteiger partial charge in [0.05, 0.1) is 6.04 Å². The van der Waals surface area contributed by atoms with E-state index in [-0.39, 0.29) is 42.0 Å². The summed E-state index contributed by atoms with van der Waals surface area (Å²) in [5.41, 5.74) is 4.64. The van der Waals surface area contributed by atoms with E-state index in [1.165, 1.54) is 11.1 Å². The fourth-order valence-corrected chi connectivity index (χ4v) is 6.63. The molecule has 1 saturated carbocycles. The number of amides is 3. The number of hydrogen-bond acceptors (Lipinski definition) is 5. The minimum absolute atomic E-state index is 0.0278. The van der Waals surface area contributed by atoms with Gasteiger partial charge in [0.15, 0.2) is 5.76 Å². The molecule has 1 saturated heterocycles. The third kappa shape index (κ3) is 5.80. The van der Waals surface area contributed by atoms with Crippen LogP contribution in [0.4, 0.5) is 0 Å². The van der Waals surface area contributed by atoms with E-state index in [1.807, 2.05) is 6.07 Å². The summed E-state index contributed by atoms with van der Waals surface area (Å²) in [4.78, 5) is 43.8. The lowest BCUT2D eigenvalue weighted by Gasteiger charge is -2.39. The molecule has 3 heterocycles. The lowest BCUT2D eigenvalue weighted by Crippen LogP contribution is -2.50. The molecule has 42 heavy (non-hydrogen) atoms. The highest BCUT2D eigenvalue weighted by atomic mass is 16.5. The molecule has 3 aliphatic rings. The van der Waals surface area contributed by atoms with Crippen molar-refractivity contribution in [1.82, 2.24) is 14.7 Å². The van der Waals surface area contributed by atoms with E-state index < -0.39 is 0 Å². The van der Waals surface area contributed by atoms with Crippen LogP contribution in [0.5, 0.6) is 5.75 Å². The van der Waals surface area contributed by atoms with Crippen LogP contribution in [0.15, 0.2) is 59.0 Å². The maximum Gasteiger partial charge on any atom is 0.289 e. The second-order valence-electron chi connectivity index (χ2n) is 11.8. The highest BCUT2D eigenvalue weighted by Crippen LogP contribution is 2.40. The fourth-order valence-electron chi connectivity index (χ4n) is 6.63. The Hall–Kier alpha value is -4.07. The van der Waals surface area contributed by atoms with Gasteiger partial charge in [-0.1, -0.05) is 48.7 Å². The number of carbonyl (C=O) groups excluding carboxylic acids is 3. The Labute approximate surface area is 247 Å². The Kier molecular flexibility index (Phi) is 8.05. The Morgan fingerprint density at radius 3 is 2.40 bits per heavy atom. The zero-order chi connectivity index (χ0) is 29.2. The smallest absolute Gasteiger partial charge is 0.289 e. The number of rotatable bonds is 6. The zero-order valence-electron chi connectivity index (χ0n) is 24.5. The number of hydrogen-bond donors (Lipinski definition) is 0. The summed E-state index contributed by atoms with van der Waals surface area (Å²) in [6, 6.07) is 17.9. The number of ether oxygens (including phenoxy) is 1. The number of carbonyl (C=O) groups is 3. The molecular formula is C34H39N3O5. The van der Waals surface area contributed by atoms with E-state index in [4.69, 9.17) is 9.15 Å². The highest BCUT2D eigenvalue weighted by molar-refractivity contribution is 5.91. The molecule has 2 aromatic carbocycles. The van der Waals surface area contributed by atoms with E-state index in [0.717, 1.165) is 43.2 Å². The topological polar surface area (TPSA) is 83.3 Å². The van der Waals surface area contributed by atoms with Gasteiger partial charge in [0.1, 0.15) is 18.1 Å². The summed E-state index contributed by atoms with van der Waals surface area (Å²) in [6.45, 7) is 6.58. The van der Waals surface area contributed by atoms with Crippen LogP contribution in [0, 0.1) is 12.8 Å². The molecule has 2 fully saturated rings. The van der Waals surface area contributed by atoms with Crippen LogP contribution in [0.25, 0.3) is 0 Å². The SMILES string of the molecule is CC(=O)N1CCN(C(=O)c2ccc(COc3ccc4c(c3)[C@@H](c3cccc(C)c3)N(C(=O)C3CCCC3)CC4)o2)CC1. The Morgan fingerprint density at radius 2 is 1.67 bits per heavy atom. The minimum Gasteiger partial charge on any atom is -0.486 e. The van der Waals surface area contributed by atoms with Crippen molar-refractivity contribution >= 4 is 17.7 Å². The third-order valence-corrected chi connectivity index (χ3v) is 8.96. The number of furan rings is 1. The number of benzene rings is 2. The molecule has 220 valence electrons. The van der Waals surface area contributed by atoms with Crippen LogP contribution in [0.2, 0.25) is 0 Å². The predicted molar refractivity (Wildman–Crippen MR) is 158 cm³/mol. The summed E-state index contributed by atoms with van der Waals surface area (Å²) in [6.07, 6.45) is 5.04. The first kappa shape index (κ1) is 28.1. The summed E-state index contributed by atoms with van der Waals surface area (Å²) >= 11 is 0. The van der Waals surface area contributed by atoms with Crippen molar-refractivity contribution in [1.29, 1.82) is 0 Å². The molecule has 6 rings (SSSR count). The zero-order valence-corrected chi connectivity index (χ0v) is 24.5. The molecule has 3 aromatic rings. The van der Waals surface area contributed by atoms with Gasteiger partial charge in [0.25, 0.3) is 5.91 Å². The molecule has 0 N–H and O–H groups in total. The summed E-state index contributed by atoms with van der Waals surface area (Å²) in [5, 5.41) is 0. The van der Waals surface area contributed by atoms with Crippen LogP contribution < -0.4 is 4.74 Å². The van der Waals surface area contributed by atoms with Gasteiger partial charge >= 0.3 is 0 Å². The fraction of sp³-hybridized carbons (Fsp3) is 0.441. The monoisotopic (exact) mass is 569 g/mol. The van der Waals surface area contributed by atoms with Crippen LogP contribution in [-0.4, -0.2) is 65.1 Å². The molecule has 0 radical (unpaired) electrons. The number of piperazine rings is 1. The van der Waals surface area contributed by atoms with Crippen molar-refractivity contribution in [3.8, 4) is 5.75 Å². The first-order chi connectivity index (χ1) is 20.4. The normalized spacial score (nSPS) is 19.1. The molecule has 8 heteroatoms. The molecule has 3 amide bonds. The van der Waals surface area contributed by atoms with Crippen LogP contribution in [0.1, 0.15) is 77.2 Å². The van der Waals surface area contributed by atoms with Crippen molar-refractivity contribution in [3.63, 3.8) is 0 Å². The molecule has 1 atom stereocenters. The number of fused-ring (bicyclic) bond motifs is 1. The van der Waals surface area contributed by atoms with Crippen molar-refractivity contribution in [2.45, 2.75) is 58.6 Å². The van der Waals surface area contributed by atoms with Gasteiger partial charge in [0, 0.05) is 45.6 Å². The molecule has 1 aliphatic carbocycles. The van der Waals surface area contributed by atoms with E-state index >= 15 is 0 Å². The molecule has 1 aromatic heterocycles. The second kappa shape index (κ2) is 12.0. The molecule has 0 spiro atoms. The van der Waals surface area contributed by atoms with E-state index in [1.54, 1.807) is 28.9 Å². The standard InChI is InChI=1S/C34H39N3O5/c1-23-6-5-9-27(20-23)32-30-21-28(11-10-25(30)14-15-37(32)33(39)26-7-3-4-8-26)41-22-29-12-13-31(42-29)34(40)36-18-16-35(17-19-36)24(2)38/h5-6,9-13,20-21,26,32H,3-4,7-8,14-19,22H2,1-2H3/t32-/m1/s1. The Bertz CT molecular complexity index is 1470. The summed E-state index contributed by atoms with van der Waals surface area (Å²) in [7, 11) is 0. The van der Waals surface area contributed by atoms with Gasteiger partial charge in [-0.15, -0.1) is 0 Å². The van der Waals surface area contributed by atoms with Crippen LogP contribution in [0.3, 0.4) is 0 Å². The number of nitrogens with zero attached hydrogens (tertiary/aromatic N) is 3. The molecule has 8 nitrogen and oxygen atoms in total. The average Bonchev–Trinajstić information content (AvgIpc) is 3.72. The van der Waals surface area contributed by atoms with E-state index in [9.17, 15) is 14.4 Å². The molecule has 2 aliphatic heterocycles. The van der Waals surface area contributed by atoms with E-state index in [2.05, 4.69) is 48.2 Å². The third-order valence-electron chi connectivity index (χ3n) is 8.96. The van der Waals surface area contributed by atoms with Gasteiger partial charge in [-0.3, -0.25) is 14.4 Å². The van der Waals surface area contributed by atoms with Crippen molar-refractivity contribution < 1.29 is 23.5 Å². The quantitative estimate of drug-likeness (QED) is 0.411. The van der Waals surface area contributed by atoms with Crippen molar-refractivity contribution in [2.75, 3.05) is 32.7 Å². The molecule has 0 unspecified atom stereocenters. The van der Waals surface area contributed by atoms with Crippen LogP contribution in [-0.2, 0) is 22.6 Å². The van der Waals surface area contributed by atoms with Crippen LogP contribution >= 0.6 is 0 Å². The maximum absolute atomic E-state index is 13.7. The second-order valence-corrected chi connectivity index (χ2v) is 11.8. The molecule has 0 bridgehead atoms. The van der Waals surface area contributed by atoms with E-state index in [0.29, 0.717) is 44.2 Å². The number of aryl methyl sites for hydroxylation is 1. The lowest BCUT2D eigenvalue weighted by atomic mass is 9.86. The van der Waals surface area contributed by atoms with Gasteiger partial charge in [-0.2, -0.15) is 0 Å². The maximum atomic E-state index is 13.7. The first-order valence-electron chi connectivity index (χ1n) is 15.1. The predicted octanol–water partition coefficient (Wildman–Crippen LogP) is 5.14. The lowest BCUT2D eigenvalue weighted by molar-refractivity contribution is -0.137. The largest absolute Gasteiger partial charge is 0.486 e. The molecular weight excluding hydrogens is 530 g/mol. The van der Waals surface area contributed by atoms with Gasteiger partial charge in [-0.25, -0.2) is 0 Å². The first-order valence-corrected chi connectivity index (χ1v) is 15.1. The highest BCUT2D eigenvalue weighted by Gasteiger charge is 2.36.